The van der Waals surface area contributed by atoms with Gasteiger partial charge in [-0.1, -0.05) is 25.0 Å². The summed E-state index contributed by atoms with van der Waals surface area (Å²) in [6.45, 7) is 3.88. The van der Waals surface area contributed by atoms with Crippen LogP contribution in [0.2, 0.25) is 0 Å². The van der Waals surface area contributed by atoms with Crippen molar-refractivity contribution in [1.29, 1.82) is 0 Å². The van der Waals surface area contributed by atoms with Gasteiger partial charge in [-0.05, 0) is 32.8 Å². The number of amides is 1. The van der Waals surface area contributed by atoms with Gasteiger partial charge in [-0.2, -0.15) is 0 Å². The molecule has 1 amide bonds. The summed E-state index contributed by atoms with van der Waals surface area (Å²) in [5.41, 5.74) is 0.157. The number of fused-ring (bicyclic) bond motifs is 1. The second kappa shape index (κ2) is 6.58. The fourth-order valence-corrected chi connectivity index (χ4v) is 3.86. The Labute approximate surface area is 147 Å². The van der Waals surface area contributed by atoms with Crippen molar-refractivity contribution in [2.45, 2.75) is 63.5 Å². The first-order chi connectivity index (χ1) is 11.8. The summed E-state index contributed by atoms with van der Waals surface area (Å²) in [6.07, 6.45) is 4.02. The second-order valence-electron chi connectivity index (χ2n) is 7.68. The van der Waals surface area contributed by atoms with Gasteiger partial charge in [-0.25, -0.2) is 0 Å². The first kappa shape index (κ1) is 17.6. The topological polar surface area (TPSA) is 84.9 Å². The van der Waals surface area contributed by atoms with E-state index in [4.69, 9.17) is 14.6 Å². The van der Waals surface area contributed by atoms with Crippen molar-refractivity contribution >= 4 is 11.9 Å². The maximum atomic E-state index is 12.3. The van der Waals surface area contributed by atoms with Crippen molar-refractivity contribution < 1.29 is 24.2 Å². The van der Waals surface area contributed by atoms with Gasteiger partial charge in [0.25, 0.3) is 5.91 Å². The van der Waals surface area contributed by atoms with Gasteiger partial charge in [-0.3, -0.25) is 9.59 Å². The molecular weight excluding hydrogens is 322 g/mol. The molecule has 0 atom stereocenters. The molecule has 6 heteroatoms. The number of hydrogen-bond donors (Lipinski definition) is 2. The van der Waals surface area contributed by atoms with E-state index < -0.39 is 11.5 Å². The molecule has 1 saturated carbocycles. The summed E-state index contributed by atoms with van der Waals surface area (Å²) in [6, 6.07) is 5.67. The van der Waals surface area contributed by atoms with Crippen molar-refractivity contribution in [2.24, 2.45) is 0 Å². The van der Waals surface area contributed by atoms with Gasteiger partial charge in [0, 0.05) is 12.0 Å². The lowest BCUT2D eigenvalue weighted by atomic mass is 9.93. The van der Waals surface area contributed by atoms with Crippen LogP contribution in [0.25, 0.3) is 0 Å². The minimum absolute atomic E-state index is 0.0449. The smallest absolute Gasteiger partial charge is 0.305 e. The van der Waals surface area contributed by atoms with Crippen molar-refractivity contribution in [3.05, 3.63) is 23.8 Å². The lowest BCUT2D eigenvalue weighted by Crippen LogP contribution is -2.49. The van der Waals surface area contributed by atoms with Crippen LogP contribution in [-0.4, -0.2) is 34.7 Å². The second-order valence-corrected chi connectivity index (χ2v) is 7.68. The number of rotatable bonds is 6. The number of ether oxygens (including phenoxy) is 2. The highest BCUT2D eigenvalue weighted by Crippen LogP contribution is 2.41. The van der Waals surface area contributed by atoms with Gasteiger partial charge in [-0.15, -0.1) is 0 Å². The molecule has 0 saturated heterocycles. The number of hydrogen-bond acceptors (Lipinski definition) is 4. The fraction of sp³-hybridized carbons (Fsp3) is 0.579. The molecule has 0 radical (unpaired) electrons. The number of para-hydroxylation sites is 1. The predicted octanol–water partition coefficient (Wildman–Crippen LogP) is 2.68. The Balaban J connectivity index is 1.62. The summed E-state index contributed by atoms with van der Waals surface area (Å²) >= 11 is 0. The van der Waals surface area contributed by atoms with Crippen molar-refractivity contribution in [3.8, 4) is 11.5 Å². The molecular formula is C19H25NO5. The molecule has 1 aliphatic heterocycles. The number of nitrogens with one attached hydrogen (secondary N) is 1. The van der Waals surface area contributed by atoms with Gasteiger partial charge in [0.2, 0.25) is 0 Å². The number of carboxylic acid groups (broad SMARTS) is 1. The standard InChI is InChI=1S/C19H25NO5/c1-18(2)10-13-6-5-7-14(17(13)25-18)24-12-15(21)20-19(11-16(22)23)8-3-4-9-19/h5-7H,3-4,8-12H2,1-2H3,(H,20,21)(H,22,23). The number of benzene rings is 1. The van der Waals surface area contributed by atoms with Crippen LogP contribution in [0.1, 0.15) is 51.5 Å². The van der Waals surface area contributed by atoms with Crippen LogP contribution < -0.4 is 14.8 Å². The molecule has 0 spiro atoms. The van der Waals surface area contributed by atoms with E-state index in [9.17, 15) is 9.59 Å². The Morgan fingerprint density at radius 2 is 2.00 bits per heavy atom. The van der Waals surface area contributed by atoms with E-state index in [-0.39, 0.29) is 24.5 Å². The highest BCUT2D eigenvalue weighted by Gasteiger charge is 2.37. The molecule has 0 bridgehead atoms. The molecule has 2 aliphatic rings. The lowest BCUT2D eigenvalue weighted by molar-refractivity contribution is -0.139. The Morgan fingerprint density at radius 3 is 2.68 bits per heavy atom. The lowest BCUT2D eigenvalue weighted by Gasteiger charge is -2.28. The minimum atomic E-state index is -0.889. The first-order valence-electron chi connectivity index (χ1n) is 8.75. The number of carbonyl (C=O) groups is 2. The summed E-state index contributed by atoms with van der Waals surface area (Å²) in [5.74, 6) is 0.0657. The number of carboxylic acids is 1. The zero-order valence-corrected chi connectivity index (χ0v) is 14.8. The van der Waals surface area contributed by atoms with Crippen LogP contribution in [0.4, 0.5) is 0 Å². The van der Waals surface area contributed by atoms with Crippen LogP contribution in [0.3, 0.4) is 0 Å². The minimum Gasteiger partial charge on any atom is -0.483 e. The van der Waals surface area contributed by atoms with Gasteiger partial charge in [0.1, 0.15) is 5.60 Å². The molecule has 0 aromatic heterocycles. The molecule has 2 N–H and O–H groups in total. The molecule has 136 valence electrons. The van der Waals surface area contributed by atoms with Gasteiger partial charge >= 0.3 is 5.97 Å². The fourth-order valence-electron chi connectivity index (χ4n) is 3.86. The van der Waals surface area contributed by atoms with Gasteiger partial charge in [0.05, 0.1) is 12.0 Å². The normalized spacial score (nSPS) is 19.8. The molecule has 1 fully saturated rings. The third-order valence-electron chi connectivity index (χ3n) is 4.87. The van der Waals surface area contributed by atoms with Crippen LogP contribution in [0.5, 0.6) is 11.5 Å². The highest BCUT2D eigenvalue weighted by atomic mass is 16.5. The van der Waals surface area contributed by atoms with Crippen molar-refractivity contribution in [3.63, 3.8) is 0 Å². The van der Waals surface area contributed by atoms with Crippen LogP contribution in [-0.2, 0) is 16.0 Å². The molecule has 1 aromatic carbocycles. The summed E-state index contributed by atoms with van der Waals surface area (Å²) in [7, 11) is 0. The Hall–Kier alpha value is -2.24. The molecule has 0 unspecified atom stereocenters. The maximum Gasteiger partial charge on any atom is 0.305 e. The molecule has 25 heavy (non-hydrogen) atoms. The van der Waals surface area contributed by atoms with Gasteiger partial charge < -0.3 is 19.9 Å². The third-order valence-corrected chi connectivity index (χ3v) is 4.87. The van der Waals surface area contributed by atoms with Crippen LogP contribution in [0.15, 0.2) is 18.2 Å². The summed E-state index contributed by atoms with van der Waals surface area (Å²) < 4.78 is 11.6. The van der Waals surface area contributed by atoms with Crippen LogP contribution in [0, 0.1) is 0 Å². The number of aliphatic carboxylic acids is 1. The van der Waals surface area contributed by atoms with Crippen molar-refractivity contribution in [2.75, 3.05) is 6.61 Å². The predicted molar refractivity (Wildman–Crippen MR) is 91.9 cm³/mol. The molecule has 3 rings (SSSR count). The third kappa shape index (κ3) is 4.06. The first-order valence-corrected chi connectivity index (χ1v) is 8.75. The Morgan fingerprint density at radius 1 is 1.28 bits per heavy atom. The molecule has 6 nitrogen and oxygen atoms in total. The average molecular weight is 347 g/mol. The zero-order valence-electron chi connectivity index (χ0n) is 14.8. The average Bonchev–Trinajstić information content (AvgIpc) is 3.07. The summed E-state index contributed by atoms with van der Waals surface area (Å²) in [4.78, 5) is 23.4. The molecule has 1 aliphatic carbocycles. The monoisotopic (exact) mass is 347 g/mol. The van der Waals surface area contributed by atoms with E-state index in [1.807, 2.05) is 26.0 Å². The highest BCUT2D eigenvalue weighted by molar-refractivity contribution is 5.80. The largest absolute Gasteiger partial charge is 0.483 e. The molecule has 1 heterocycles. The van der Waals surface area contributed by atoms with E-state index in [1.165, 1.54) is 0 Å². The zero-order chi connectivity index (χ0) is 18.1. The van der Waals surface area contributed by atoms with Crippen LogP contribution >= 0.6 is 0 Å². The van der Waals surface area contributed by atoms with Gasteiger partial charge in [0.15, 0.2) is 18.1 Å². The Kier molecular flexibility index (Phi) is 4.62. The summed E-state index contributed by atoms with van der Waals surface area (Å²) in [5, 5.41) is 12.0. The molecule has 1 aromatic rings. The van der Waals surface area contributed by atoms with E-state index in [0.29, 0.717) is 24.3 Å². The van der Waals surface area contributed by atoms with E-state index in [1.54, 1.807) is 6.07 Å². The Bertz CT molecular complexity index is 676. The SMILES string of the molecule is CC1(C)Cc2cccc(OCC(=O)NC3(CC(=O)O)CCCC3)c2O1. The van der Waals surface area contributed by atoms with Crippen molar-refractivity contribution in [1.82, 2.24) is 5.32 Å². The maximum absolute atomic E-state index is 12.3. The van der Waals surface area contributed by atoms with E-state index in [0.717, 1.165) is 24.8 Å². The number of carbonyl (C=O) groups excluding carboxylic acids is 1. The quantitative estimate of drug-likeness (QED) is 0.826. The van der Waals surface area contributed by atoms with E-state index >= 15 is 0 Å². The van der Waals surface area contributed by atoms with E-state index in [2.05, 4.69) is 5.32 Å².